The van der Waals surface area contributed by atoms with Crippen LogP contribution in [0, 0.1) is 0 Å². The normalized spacial score (nSPS) is 11.0. The lowest BCUT2D eigenvalue weighted by Gasteiger charge is -2.20. The molecular formula is C21H18Cl2N4O2S. The lowest BCUT2D eigenvalue weighted by atomic mass is 10.2. The maximum Gasteiger partial charge on any atom is 0.261 e. The average Bonchev–Trinajstić information content (AvgIpc) is 3.40. The highest BCUT2D eigenvalue weighted by Crippen LogP contribution is 2.35. The summed E-state index contributed by atoms with van der Waals surface area (Å²) in [7, 11) is 1.61. The predicted octanol–water partition coefficient (Wildman–Crippen LogP) is 5.55. The Hall–Kier alpha value is -2.61. The van der Waals surface area contributed by atoms with Crippen LogP contribution in [0.4, 0.5) is 5.13 Å². The number of para-hydroxylation sites is 1. The molecule has 154 valence electrons. The standard InChI is InChI=1S/C21H18Cl2N4O2S/c1-29-17-4-2-5-18-19(17)25-21(30-18)27(10-3-9-26-11-8-24-13-26)20(28)15-7-6-14(22)12-16(15)23/h2,4-8,11-13H,3,9-10H2,1H3. The second kappa shape index (κ2) is 9.04. The summed E-state index contributed by atoms with van der Waals surface area (Å²) in [5.74, 6) is 0.450. The Morgan fingerprint density at radius 1 is 1.27 bits per heavy atom. The molecule has 0 aliphatic rings. The molecule has 2 heterocycles. The summed E-state index contributed by atoms with van der Waals surface area (Å²) in [6.45, 7) is 1.20. The molecule has 4 aromatic rings. The number of hydrogen-bond acceptors (Lipinski definition) is 5. The molecule has 0 spiro atoms. The summed E-state index contributed by atoms with van der Waals surface area (Å²) in [4.78, 5) is 23.8. The zero-order chi connectivity index (χ0) is 21.1. The van der Waals surface area contributed by atoms with Crippen molar-refractivity contribution in [2.24, 2.45) is 0 Å². The van der Waals surface area contributed by atoms with Crippen molar-refractivity contribution in [3.8, 4) is 5.75 Å². The number of fused-ring (bicyclic) bond motifs is 1. The first kappa shape index (κ1) is 20.7. The van der Waals surface area contributed by atoms with Crippen LogP contribution in [0.25, 0.3) is 10.2 Å². The molecule has 1 amide bonds. The third-order valence-electron chi connectivity index (χ3n) is 4.59. The van der Waals surface area contributed by atoms with Crippen molar-refractivity contribution >= 4 is 55.8 Å². The molecule has 0 bridgehead atoms. The molecule has 0 aliphatic heterocycles. The summed E-state index contributed by atoms with van der Waals surface area (Å²) in [6.07, 6.45) is 6.10. The minimum absolute atomic E-state index is 0.222. The quantitative estimate of drug-likeness (QED) is 0.362. The molecule has 2 aromatic heterocycles. The molecule has 0 saturated heterocycles. The summed E-state index contributed by atoms with van der Waals surface area (Å²) in [6, 6.07) is 10.6. The Balaban J connectivity index is 1.68. The van der Waals surface area contributed by atoms with Gasteiger partial charge in [0.25, 0.3) is 5.91 Å². The molecule has 0 unspecified atom stereocenters. The van der Waals surface area contributed by atoms with Crippen molar-refractivity contribution in [2.45, 2.75) is 13.0 Å². The second-order valence-corrected chi connectivity index (χ2v) is 8.39. The Morgan fingerprint density at radius 2 is 2.13 bits per heavy atom. The Labute approximate surface area is 187 Å². The van der Waals surface area contributed by atoms with Gasteiger partial charge in [-0.15, -0.1) is 0 Å². The van der Waals surface area contributed by atoms with Crippen LogP contribution in [0.1, 0.15) is 16.8 Å². The van der Waals surface area contributed by atoms with E-state index in [0.29, 0.717) is 33.0 Å². The number of aromatic nitrogens is 3. The minimum Gasteiger partial charge on any atom is -0.494 e. The molecule has 0 fully saturated rings. The molecule has 2 aromatic carbocycles. The Kier molecular flexibility index (Phi) is 6.22. The zero-order valence-electron chi connectivity index (χ0n) is 16.1. The van der Waals surface area contributed by atoms with Crippen molar-refractivity contribution in [3.05, 3.63) is 70.7 Å². The lowest BCUT2D eigenvalue weighted by molar-refractivity contribution is 0.0986. The van der Waals surface area contributed by atoms with Crippen molar-refractivity contribution in [1.29, 1.82) is 0 Å². The molecule has 0 atom stereocenters. The first-order chi connectivity index (χ1) is 14.6. The smallest absolute Gasteiger partial charge is 0.261 e. The number of amides is 1. The van der Waals surface area contributed by atoms with E-state index in [2.05, 4.69) is 4.98 Å². The largest absolute Gasteiger partial charge is 0.494 e. The fraction of sp³-hybridized carbons (Fsp3) is 0.190. The summed E-state index contributed by atoms with van der Waals surface area (Å²) in [5, 5.41) is 1.38. The van der Waals surface area contributed by atoms with Crippen molar-refractivity contribution in [1.82, 2.24) is 14.5 Å². The van der Waals surface area contributed by atoms with E-state index in [1.54, 1.807) is 42.7 Å². The van der Waals surface area contributed by atoms with E-state index in [1.165, 1.54) is 11.3 Å². The number of imidazole rings is 1. The molecule has 0 N–H and O–H groups in total. The van der Waals surface area contributed by atoms with E-state index in [1.807, 2.05) is 29.0 Å². The van der Waals surface area contributed by atoms with Crippen LogP contribution < -0.4 is 9.64 Å². The van der Waals surface area contributed by atoms with E-state index in [9.17, 15) is 4.79 Å². The first-order valence-electron chi connectivity index (χ1n) is 9.23. The number of thiazole rings is 1. The van der Waals surface area contributed by atoms with Gasteiger partial charge in [0.2, 0.25) is 0 Å². The molecule has 0 aliphatic carbocycles. The molecule has 6 nitrogen and oxygen atoms in total. The molecule has 4 rings (SSSR count). The van der Waals surface area contributed by atoms with Crippen LogP contribution >= 0.6 is 34.5 Å². The third kappa shape index (κ3) is 4.28. The molecule has 9 heteroatoms. The van der Waals surface area contributed by atoms with Crippen molar-refractivity contribution in [3.63, 3.8) is 0 Å². The summed E-state index contributed by atoms with van der Waals surface area (Å²) < 4.78 is 8.34. The maximum absolute atomic E-state index is 13.4. The van der Waals surface area contributed by atoms with E-state index in [4.69, 9.17) is 32.9 Å². The lowest BCUT2D eigenvalue weighted by Crippen LogP contribution is -2.32. The Morgan fingerprint density at radius 3 is 2.87 bits per heavy atom. The van der Waals surface area contributed by atoms with Crippen LogP contribution in [0.5, 0.6) is 5.75 Å². The van der Waals surface area contributed by atoms with Gasteiger partial charge in [0.1, 0.15) is 11.3 Å². The number of methoxy groups -OCH3 is 1. The third-order valence-corrected chi connectivity index (χ3v) is 6.18. The van der Waals surface area contributed by atoms with Gasteiger partial charge in [0.15, 0.2) is 5.13 Å². The maximum atomic E-state index is 13.4. The van der Waals surface area contributed by atoms with Gasteiger partial charge in [0.05, 0.1) is 28.7 Å². The number of carbonyl (C=O) groups excluding carboxylic acids is 1. The molecule has 30 heavy (non-hydrogen) atoms. The molecule has 0 radical (unpaired) electrons. The number of nitrogens with zero attached hydrogens (tertiary/aromatic N) is 4. The number of rotatable bonds is 7. The van der Waals surface area contributed by atoms with Gasteiger partial charge in [-0.3, -0.25) is 9.69 Å². The SMILES string of the molecule is COc1cccc2sc(N(CCCn3ccnc3)C(=O)c3ccc(Cl)cc3Cl)nc12. The average molecular weight is 461 g/mol. The van der Waals surface area contributed by atoms with Crippen LogP contribution in [0.2, 0.25) is 10.0 Å². The monoisotopic (exact) mass is 460 g/mol. The highest BCUT2D eigenvalue weighted by molar-refractivity contribution is 7.22. The highest BCUT2D eigenvalue weighted by Gasteiger charge is 2.24. The number of carbonyl (C=O) groups is 1. The van der Waals surface area contributed by atoms with E-state index < -0.39 is 0 Å². The van der Waals surface area contributed by atoms with Gasteiger partial charge in [-0.1, -0.05) is 40.6 Å². The number of hydrogen-bond donors (Lipinski definition) is 0. The van der Waals surface area contributed by atoms with Gasteiger partial charge in [0, 0.05) is 30.5 Å². The summed E-state index contributed by atoms with van der Waals surface area (Å²) in [5.41, 5.74) is 1.12. The van der Waals surface area contributed by atoms with Crippen LogP contribution in [-0.2, 0) is 6.54 Å². The van der Waals surface area contributed by atoms with Crippen molar-refractivity contribution < 1.29 is 9.53 Å². The van der Waals surface area contributed by atoms with Crippen LogP contribution in [0.3, 0.4) is 0 Å². The van der Waals surface area contributed by atoms with Gasteiger partial charge in [-0.25, -0.2) is 9.97 Å². The Bertz CT molecular complexity index is 1180. The first-order valence-corrected chi connectivity index (χ1v) is 10.8. The van der Waals surface area contributed by atoms with Crippen LogP contribution in [-0.4, -0.2) is 34.1 Å². The highest BCUT2D eigenvalue weighted by atomic mass is 35.5. The van der Waals surface area contributed by atoms with Crippen LogP contribution in [0.15, 0.2) is 55.1 Å². The van der Waals surface area contributed by atoms with Gasteiger partial charge >= 0.3 is 0 Å². The van der Waals surface area contributed by atoms with Gasteiger partial charge < -0.3 is 9.30 Å². The number of benzene rings is 2. The van der Waals surface area contributed by atoms with Gasteiger partial charge in [-0.2, -0.15) is 0 Å². The molecular weight excluding hydrogens is 443 g/mol. The van der Waals surface area contributed by atoms with E-state index in [0.717, 1.165) is 23.2 Å². The minimum atomic E-state index is -0.222. The zero-order valence-corrected chi connectivity index (χ0v) is 18.4. The molecule has 0 saturated carbocycles. The number of ether oxygens (including phenoxy) is 1. The van der Waals surface area contributed by atoms with Crippen molar-refractivity contribution in [2.75, 3.05) is 18.6 Å². The number of halogens is 2. The summed E-state index contributed by atoms with van der Waals surface area (Å²) >= 11 is 13.8. The van der Waals surface area contributed by atoms with E-state index >= 15 is 0 Å². The fourth-order valence-electron chi connectivity index (χ4n) is 3.11. The predicted molar refractivity (Wildman–Crippen MR) is 121 cm³/mol. The second-order valence-electron chi connectivity index (χ2n) is 6.54. The topological polar surface area (TPSA) is 60.2 Å². The number of anilines is 1. The van der Waals surface area contributed by atoms with Gasteiger partial charge in [-0.05, 0) is 36.8 Å². The fourth-order valence-corrected chi connectivity index (χ4v) is 4.61. The van der Waals surface area contributed by atoms with E-state index in [-0.39, 0.29) is 5.91 Å². The number of aryl methyl sites for hydroxylation is 1.